The molecule has 0 spiro atoms. The molecule has 2 heterocycles. The topological polar surface area (TPSA) is 41.1 Å². The molecule has 1 aromatic heterocycles. The Morgan fingerprint density at radius 3 is 2.95 bits per heavy atom. The van der Waals surface area contributed by atoms with E-state index in [0.717, 1.165) is 31.2 Å². The average molecular weight is 296 g/mol. The van der Waals surface area contributed by atoms with E-state index in [9.17, 15) is 0 Å². The number of fused-ring (bicyclic) bond motifs is 1. The summed E-state index contributed by atoms with van der Waals surface area (Å²) in [5, 5.41) is 3.36. The predicted molar refractivity (Wildman–Crippen MR) is 91.3 cm³/mol. The van der Waals surface area contributed by atoms with E-state index in [2.05, 4.69) is 60.2 Å². The maximum Gasteiger partial charge on any atom is 0.224 e. The van der Waals surface area contributed by atoms with Gasteiger partial charge in [-0.3, -0.25) is 0 Å². The zero-order valence-corrected chi connectivity index (χ0v) is 13.6. The van der Waals surface area contributed by atoms with Gasteiger partial charge < -0.3 is 10.2 Å². The van der Waals surface area contributed by atoms with Crippen molar-refractivity contribution in [2.75, 3.05) is 16.8 Å². The molecule has 2 aromatic rings. The van der Waals surface area contributed by atoms with Gasteiger partial charge in [-0.1, -0.05) is 31.2 Å². The highest BCUT2D eigenvalue weighted by atomic mass is 15.2. The summed E-state index contributed by atoms with van der Waals surface area (Å²) in [6.45, 7) is 7.56. The first-order valence-corrected chi connectivity index (χ1v) is 8.13. The zero-order chi connectivity index (χ0) is 15.5. The number of rotatable bonds is 4. The van der Waals surface area contributed by atoms with Crippen molar-refractivity contribution in [1.29, 1.82) is 0 Å². The van der Waals surface area contributed by atoms with Crippen LogP contribution in [0.4, 0.5) is 11.8 Å². The number of anilines is 2. The van der Waals surface area contributed by atoms with Crippen LogP contribution in [0.5, 0.6) is 0 Å². The SMILES string of the molecule is CC[C@@H](C)Nc1nccc(N2CCc3ccccc3[C@@H]2C)n1. The molecule has 0 amide bonds. The number of hydrogen-bond acceptors (Lipinski definition) is 4. The van der Waals surface area contributed by atoms with E-state index in [1.807, 2.05) is 12.3 Å². The molecule has 1 aliphatic rings. The molecule has 4 nitrogen and oxygen atoms in total. The molecule has 4 heteroatoms. The first-order valence-electron chi connectivity index (χ1n) is 8.13. The third kappa shape index (κ3) is 2.91. The second-order valence-electron chi connectivity index (χ2n) is 6.01. The van der Waals surface area contributed by atoms with Crippen molar-refractivity contribution >= 4 is 11.8 Å². The molecule has 116 valence electrons. The molecule has 1 aliphatic heterocycles. The van der Waals surface area contributed by atoms with Crippen LogP contribution in [0.2, 0.25) is 0 Å². The molecule has 0 unspecified atom stereocenters. The number of hydrogen-bond donors (Lipinski definition) is 1. The van der Waals surface area contributed by atoms with Crippen LogP contribution >= 0.6 is 0 Å². The minimum absolute atomic E-state index is 0.344. The Kier molecular flexibility index (Phi) is 4.27. The van der Waals surface area contributed by atoms with Gasteiger partial charge in [0.1, 0.15) is 5.82 Å². The first-order chi connectivity index (χ1) is 10.7. The van der Waals surface area contributed by atoms with E-state index in [1.54, 1.807) is 0 Å². The molecule has 0 saturated carbocycles. The molecule has 0 bridgehead atoms. The van der Waals surface area contributed by atoms with Crippen molar-refractivity contribution in [1.82, 2.24) is 9.97 Å². The van der Waals surface area contributed by atoms with Gasteiger partial charge in [-0.15, -0.1) is 0 Å². The Labute approximate surface area is 132 Å². The number of aromatic nitrogens is 2. The van der Waals surface area contributed by atoms with Gasteiger partial charge in [-0.25, -0.2) is 4.98 Å². The largest absolute Gasteiger partial charge is 0.352 e. The molecule has 22 heavy (non-hydrogen) atoms. The minimum atomic E-state index is 0.344. The molecular weight excluding hydrogens is 272 g/mol. The van der Waals surface area contributed by atoms with Gasteiger partial charge in [0.15, 0.2) is 0 Å². The van der Waals surface area contributed by atoms with Crippen molar-refractivity contribution in [2.45, 2.75) is 45.7 Å². The first kappa shape index (κ1) is 14.8. The van der Waals surface area contributed by atoms with Gasteiger partial charge >= 0.3 is 0 Å². The van der Waals surface area contributed by atoms with Crippen molar-refractivity contribution in [2.24, 2.45) is 0 Å². The number of nitrogens with zero attached hydrogens (tertiary/aromatic N) is 3. The fraction of sp³-hybridized carbons (Fsp3) is 0.444. The maximum absolute atomic E-state index is 4.71. The highest BCUT2D eigenvalue weighted by Crippen LogP contribution is 2.32. The van der Waals surface area contributed by atoms with Crippen LogP contribution in [-0.4, -0.2) is 22.6 Å². The maximum atomic E-state index is 4.71. The highest BCUT2D eigenvalue weighted by Gasteiger charge is 2.24. The van der Waals surface area contributed by atoms with E-state index in [4.69, 9.17) is 4.98 Å². The third-order valence-electron chi connectivity index (χ3n) is 4.52. The standard InChI is InChI=1S/C18H24N4/c1-4-13(2)20-18-19-11-9-17(21-18)22-12-10-15-7-5-6-8-16(15)14(22)3/h5-9,11,13-14H,4,10,12H2,1-3H3,(H,19,20,21)/t13-,14+/m1/s1. The molecule has 0 aliphatic carbocycles. The molecule has 2 atom stereocenters. The Morgan fingerprint density at radius 1 is 1.32 bits per heavy atom. The van der Waals surface area contributed by atoms with E-state index >= 15 is 0 Å². The second kappa shape index (κ2) is 6.34. The molecule has 1 aromatic carbocycles. The lowest BCUT2D eigenvalue weighted by Crippen LogP contribution is -2.34. The molecule has 1 N–H and O–H groups in total. The Bertz CT molecular complexity index is 640. The van der Waals surface area contributed by atoms with Crippen molar-refractivity contribution in [3.05, 3.63) is 47.7 Å². The molecular formula is C18H24N4. The van der Waals surface area contributed by atoms with Gasteiger partial charge in [0.05, 0.1) is 6.04 Å². The summed E-state index contributed by atoms with van der Waals surface area (Å²) >= 11 is 0. The fourth-order valence-corrected chi connectivity index (χ4v) is 2.99. The summed E-state index contributed by atoms with van der Waals surface area (Å²) in [5.74, 6) is 1.72. The normalized spacial score (nSPS) is 18.7. The van der Waals surface area contributed by atoms with Crippen molar-refractivity contribution in [3.8, 4) is 0 Å². The third-order valence-corrected chi connectivity index (χ3v) is 4.52. The Hall–Kier alpha value is -2.10. The van der Waals surface area contributed by atoms with Gasteiger partial charge in [0.25, 0.3) is 0 Å². The van der Waals surface area contributed by atoms with E-state index in [-0.39, 0.29) is 0 Å². The Balaban J connectivity index is 1.84. The molecule has 0 saturated heterocycles. The van der Waals surface area contributed by atoms with Crippen LogP contribution < -0.4 is 10.2 Å². The summed E-state index contributed by atoms with van der Waals surface area (Å²) in [6.07, 6.45) is 3.97. The highest BCUT2D eigenvalue weighted by molar-refractivity contribution is 5.49. The lowest BCUT2D eigenvalue weighted by Gasteiger charge is -2.36. The monoisotopic (exact) mass is 296 g/mol. The van der Waals surface area contributed by atoms with Crippen LogP contribution in [0.3, 0.4) is 0 Å². The van der Waals surface area contributed by atoms with Gasteiger partial charge in [0, 0.05) is 18.8 Å². The molecule has 0 radical (unpaired) electrons. The summed E-state index contributed by atoms with van der Waals surface area (Å²) in [5.41, 5.74) is 2.86. The van der Waals surface area contributed by atoms with Crippen LogP contribution in [-0.2, 0) is 6.42 Å². The van der Waals surface area contributed by atoms with Gasteiger partial charge in [0.2, 0.25) is 5.95 Å². The summed E-state index contributed by atoms with van der Waals surface area (Å²) in [4.78, 5) is 11.4. The van der Waals surface area contributed by atoms with Crippen molar-refractivity contribution < 1.29 is 0 Å². The lowest BCUT2D eigenvalue weighted by molar-refractivity contribution is 0.616. The van der Waals surface area contributed by atoms with Gasteiger partial charge in [-0.05, 0) is 43.9 Å². The second-order valence-corrected chi connectivity index (χ2v) is 6.01. The van der Waals surface area contributed by atoms with Crippen molar-refractivity contribution in [3.63, 3.8) is 0 Å². The zero-order valence-electron chi connectivity index (χ0n) is 13.6. The quantitative estimate of drug-likeness (QED) is 0.931. The molecule has 0 fully saturated rings. The molecule has 3 rings (SSSR count). The minimum Gasteiger partial charge on any atom is -0.352 e. The van der Waals surface area contributed by atoms with Crippen LogP contribution in [0, 0.1) is 0 Å². The Morgan fingerprint density at radius 2 is 2.14 bits per heavy atom. The summed E-state index contributed by atoms with van der Waals surface area (Å²) in [6, 6.07) is 11.4. The average Bonchev–Trinajstić information content (AvgIpc) is 2.55. The summed E-state index contributed by atoms with van der Waals surface area (Å²) in [7, 11) is 0. The number of nitrogens with one attached hydrogen (secondary N) is 1. The predicted octanol–water partition coefficient (Wildman–Crippen LogP) is 3.81. The van der Waals surface area contributed by atoms with Crippen LogP contribution in [0.15, 0.2) is 36.5 Å². The van der Waals surface area contributed by atoms with E-state index in [0.29, 0.717) is 12.1 Å². The van der Waals surface area contributed by atoms with Crippen LogP contribution in [0.25, 0.3) is 0 Å². The van der Waals surface area contributed by atoms with Gasteiger partial charge in [-0.2, -0.15) is 4.98 Å². The van der Waals surface area contributed by atoms with E-state index < -0.39 is 0 Å². The smallest absolute Gasteiger partial charge is 0.224 e. The lowest BCUT2D eigenvalue weighted by atomic mass is 9.94. The van der Waals surface area contributed by atoms with E-state index in [1.165, 1.54) is 11.1 Å². The number of benzene rings is 1. The summed E-state index contributed by atoms with van der Waals surface area (Å²) < 4.78 is 0. The fourth-order valence-electron chi connectivity index (χ4n) is 2.99. The van der Waals surface area contributed by atoms with Crippen LogP contribution in [0.1, 0.15) is 44.4 Å².